The second kappa shape index (κ2) is 8.80. The third kappa shape index (κ3) is 4.96. The summed E-state index contributed by atoms with van der Waals surface area (Å²) in [7, 11) is -3.99. The summed E-state index contributed by atoms with van der Waals surface area (Å²) < 4.78 is 67.1. The van der Waals surface area contributed by atoms with Crippen LogP contribution in [0.25, 0.3) is 22.4 Å². The number of sulfonamides is 1. The summed E-state index contributed by atoms with van der Waals surface area (Å²) in [6.07, 6.45) is -1.41. The first kappa shape index (κ1) is 22.7. The molecule has 2 aromatic carbocycles. The lowest BCUT2D eigenvalue weighted by molar-refractivity contribution is -0.143. The lowest BCUT2D eigenvalue weighted by atomic mass is 9.99. The van der Waals surface area contributed by atoms with E-state index in [9.17, 15) is 21.6 Å². The van der Waals surface area contributed by atoms with Crippen LogP contribution in [0, 0.1) is 0 Å². The van der Waals surface area contributed by atoms with E-state index in [-0.39, 0.29) is 28.3 Å². The van der Waals surface area contributed by atoms with E-state index < -0.39 is 21.9 Å². The number of benzene rings is 2. The molecule has 2 aromatic heterocycles. The minimum atomic E-state index is -4.71. The van der Waals surface area contributed by atoms with Gasteiger partial charge in [-0.25, -0.2) is 13.6 Å². The fraction of sp³-hybridized carbons (Fsp3) is 0.130. The zero-order valence-electron chi connectivity index (χ0n) is 17.2. The van der Waals surface area contributed by atoms with Crippen molar-refractivity contribution in [3.8, 4) is 22.4 Å². The molecule has 2 heterocycles. The highest BCUT2D eigenvalue weighted by Crippen LogP contribution is 2.42. The lowest BCUT2D eigenvalue weighted by Gasteiger charge is -2.13. The number of rotatable bonds is 6. The van der Waals surface area contributed by atoms with Crippen LogP contribution in [0.5, 0.6) is 0 Å². The van der Waals surface area contributed by atoms with Crippen molar-refractivity contribution in [1.82, 2.24) is 14.8 Å². The highest BCUT2D eigenvalue weighted by atomic mass is 32.2. The minimum absolute atomic E-state index is 0.00615. The number of nitrogens with two attached hydrogens (primary N) is 1. The molecule has 10 heteroatoms. The van der Waals surface area contributed by atoms with Crippen LogP contribution in [0.1, 0.15) is 11.3 Å². The molecule has 2 N–H and O–H groups in total. The SMILES string of the molecule is NS(=O)(=O)c1ccc(-c2c(-c3ccncc3)nn(CCc3ccccc3)c2C(F)(F)F)cc1. The molecule has 33 heavy (non-hydrogen) atoms. The number of alkyl halides is 3. The molecular formula is C23H19F3N4O2S. The molecule has 0 amide bonds. The molecule has 0 bridgehead atoms. The third-order valence-corrected chi connectivity index (χ3v) is 6.03. The maximum absolute atomic E-state index is 14.3. The normalized spacial score (nSPS) is 12.1. The van der Waals surface area contributed by atoms with Gasteiger partial charge in [-0.15, -0.1) is 0 Å². The fourth-order valence-electron chi connectivity index (χ4n) is 3.59. The van der Waals surface area contributed by atoms with Crippen molar-refractivity contribution in [2.24, 2.45) is 5.14 Å². The summed E-state index contributed by atoms with van der Waals surface area (Å²) in [5.41, 5.74) is 0.593. The first-order valence-corrected chi connectivity index (χ1v) is 11.4. The van der Waals surface area contributed by atoms with Crippen molar-refractivity contribution < 1.29 is 21.6 Å². The second-order valence-corrected chi connectivity index (χ2v) is 8.90. The Hall–Kier alpha value is -3.50. The standard InChI is InChI=1S/C23H19F3N4O2S/c24-23(25,26)22-20(17-6-8-19(9-7-17)33(27,31)32)21(18-10-13-28-14-11-18)29-30(22)15-12-16-4-2-1-3-5-16/h1-11,13-14H,12,15H2,(H2,27,31,32). The second-order valence-electron chi connectivity index (χ2n) is 7.33. The van der Waals surface area contributed by atoms with Crippen molar-refractivity contribution in [3.05, 3.63) is 90.4 Å². The smallest absolute Gasteiger partial charge is 0.265 e. The Balaban J connectivity index is 1.89. The molecule has 0 fully saturated rings. The summed E-state index contributed by atoms with van der Waals surface area (Å²) in [4.78, 5) is 3.74. The maximum Gasteiger partial charge on any atom is 0.433 e. The van der Waals surface area contributed by atoms with E-state index in [1.54, 1.807) is 12.1 Å². The lowest BCUT2D eigenvalue weighted by Crippen LogP contribution is -2.17. The molecule has 0 saturated carbocycles. The Morgan fingerprint density at radius 2 is 1.52 bits per heavy atom. The quantitative estimate of drug-likeness (QED) is 0.447. The van der Waals surface area contributed by atoms with E-state index in [0.29, 0.717) is 12.0 Å². The summed E-state index contributed by atoms with van der Waals surface area (Å²) in [6.45, 7) is 0.00615. The van der Waals surface area contributed by atoms with Crippen LogP contribution in [0.2, 0.25) is 0 Å². The van der Waals surface area contributed by atoms with E-state index in [1.165, 1.54) is 36.7 Å². The van der Waals surface area contributed by atoms with Gasteiger partial charge >= 0.3 is 6.18 Å². The molecule has 170 valence electrons. The predicted molar refractivity (Wildman–Crippen MR) is 117 cm³/mol. The number of aryl methyl sites for hydroxylation is 2. The Morgan fingerprint density at radius 1 is 0.879 bits per heavy atom. The molecule has 6 nitrogen and oxygen atoms in total. The largest absolute Gasteiger partial charge is 0.433 e. The van der Waals surface area contributed by atoms with Gasteiger partial charge in [0.1, 0.15) is 5.69 Å². The van der Waals surface area contributed by atoms with E-state index in [1.807, 2.05) is 30.3 Å². The van der Waals surface area contributed by atoms with Crippen LogP contribution < -0.4 is 5.14 Å². The summed E-state index contributed by atoms with van der Waals surface area (Å²) >= 11 is 0. The van der Waals surface area contributed by atoms with E-state index in [2.05, 4.69) is 10.1 Å². The minimum Gasteiger partial charge on any atom is -0.265 e. The zero-order valence-corrected chi connectivity index (χ0v) is 18.0. The molecule has 0 spiro atoms. The third-order valence-electron chi connectivity index (χ3n) is 5.10. The van der Waals surface area contributed by atoms with E-state index in [0.717, 1.165) is 10.2 Å². The number of halogens is 3. The van der Waals surface area contributed by atoms with E-state index >= 15 is 0 Å². The number of primary sulfonamides is 1. The first-order valence-electron chi connectivity index (χ1n) is 9.90. The molecule has 0 aliphatic rings. The van der Waals surface area contributed by atoms with Crippen molar-refractivity contribution in [2.75, 3.05) is 0 Å². The van der Waals surface area contributed by atoms with Gasteiger partial charge in [0, 0.05) is 30.1 Å². The number of nitrogens with zero attached hydrogens (tertiary/aromatic N) is 3. The molecule has 0 saturated heterocycles. The van der Waals surface area contributed by atoms with Crippen molar-refractivity contribution >= 4 is 10.0 Å². The molecule has 0 atom stereocenters. The van der Waals surface area contributed by atoms with Crippen molar-refractivity contribution in [2.45, 2.75) is 24.0 Å². The molecule has 0 unspecified atom stereocenters. The van der Waals surface area contributed by atoms with Gasteiger partial charge in [-0.1, -0.05) is 42.5 Å². The zero-order chi connectivity index (χ0) is 23.6. The molecule has 0 aliphatic carbocycles. The van der Waals surface area contributed by atoms with Gasteiger partial charge in [-0.05, 0) is 41.8 Å². The number of aromatic nitrogens is 3. The molecule has 0 radical (unpaired) electrons. The van der Waals surface area contributed by atoms with Gasteiger partial charge < -0.3 is 0 Å². The fourth-order valence-corrected chi connectivity index (χ4v) is 4.10. The van der Waals surface area contributed by atoms with Crippen LogP contribution >= 0.6 is 0 Å². The van der Waals surface area contributed by atoms with Crippen LogP contribution in [0.15, 0.2) is 84.0 Å². The highest BCUT2D eigenvalue weighted by molar-refractivity contribution is 7.89. The monoisotopic (exact) mass is 472 g/mol. The van der Waals surface area contributed by atoms with Crippen molar-refractivity contribution in [1.29, 1.82) is 0 Å². The van der Waals surface area contributed by atoms with Gasteiger partial charge in [0.25, 0.3) is 0 Å². The van der Waals surface area contributed by atoms with Gasteiger partial charge in [-0.3, -0.25) is 9.67 Å². The number of pyridine rings is 1. The average Bonchev–Trinajstić information content (AvgIpc) is 3.19. The Labute approximate surface area is 188 Å². The van der Waals surface area contributed by atoms with Gasteiger partial charge in [0.2, 0.25) is 10.0 Å². The van der Waals surface area contributed by atoms with Gasteiger partial charge in [0.05, 0.1) is 4.90 Å². The van der Waals surface area contributed by atoms with Gasteiger partial charge in [0.15, 0.2) is 5.69 Å². The first-order chi connectivity index (χ1) is 15.6. The van der Waals surface area contributed by atoms with E-state index in [4.69, 9.17) is 5.14 Å². The molecule has 4 aromatic rings. The van der Waals surface area contributed by atoms with Crippen molar-refractivity contribution in [3.63, 3.8) is 0 Å². The summed E-state index contributed by atoms with van der Waals surface area (Å²) in [6, 6.07) is 17.3. The maximum atomic E-state index is 14.3. The Morgan fingerprint density at radius 3 is 2.09 bits per heavy atom. The number of hydrogen-bond donors (Lipinski definition) is 1. The summed E-state index contributed by atoms with van der Waals surface area (Å²) in [5.74, 6) is 0. The van der Waals surface area contributed by atoms with Crippen LogP contribution in [0.3, 0.4) is 0 Å². The topological polar surface area (TPSA) is 90.9 Å². The highest BCUT2D eigenvalue weighted by Gasteiger charge is 2.40. The van der Waals surface area contributed by atoms with Crippen LogP contribution in [0.4, 0.5) is 13.2 Å². The number of hydrogen-bond acceptors (Lipinski definition) is 4. The van der Waals surface area contributed by atoms with Crippen LogP contribution in [-0.2, 0) is 29.2 Å². The molecule has 0 aliphatic heterocycles. The average molecular weight is 472 g/mol. The van der Waals surface area contributed by atoms with Crippen LogP contribution in [-0.4, -0.2) is 23.2 Å². The summed E-state index contributed by atoms with van der Waals surface area (Å²) in [5, 5.41) is 9.47. The molecular weight excluding hydrogens is 453 g/mol. The predicted octanol–water partition coefficient (Wildman–Crippen LogP) is 4.52. The van der Waals surface area contributed by atoms with Gasteiger partial charge in [-0.2, -0.15) is 18.3 Å². The molecule has 4 rings (SSSR count). The Bertz CT molecular complexity index is 1350. The Kier molecular flexibility index (Phi) is 6.05.